The van der Waals surface area contributed by atoms with Gasteiger partial charge in [0.25, 0.3) is 5.91 Å². The molecule has 0 bridgehead atoms. The minimum atomic E-state index is -0.0501. The van der Waals surface area contributed by atoms with Crippen LogP contribution in [-0.4, -0.2) is 17.4 Å². The number of pyridine rings is 1. The Morgan fingerprint density at radius 3 is 2.68 bits per heavy atom. The summed E-state index contributed by atoms with van der Waals surface area (Å²) in [5.41, 5.74) is 1.78. The molecule has 1 aromatic heterocycles. The molecule has 0 aromatic carbocycles. The molecule has 1 aliphatic carbocycles. The predicted octanol–water partition coefficient (Wildman–Crippen LogP) is 3.46. The molecule has 1 N–H and O–H groups in total. The standard InChI is InChI=1S/C15H21ClN2O/c1-4-12-7-11(8-13(16)18-12)14(19)17-9-15(5-6-15)10(2)3/h7-8,10H,4-6,9H2,1-3H3,(H,17,19). The van der Waals surface area contributed by atoms with Crippen LogP contribution in [0.2, 0.25) is 5.15 Å². The first-order valence-corrected chi connectivity index (χ1v) is 7.29. The summed E-state index contributed by atoms with van der Waals surface area (Å²) >= 11 is 5.93. The highest BCUT2D eigenvalue weighted by atomic mass is 35.5. The molecule has 0 spiro atoms. The van der Waals surface area contributed by atoms with Crippen molar-refractivity contribution in [2.45, 2.75) is 40.0 Å². The van der Waals surface area contributed by atoms with Crippen LogP contribution in [0.1, 0.15) is 49.7 Å². The van der Waals surface area contributed by atoms with Crippen LogP contribution in [0.4, 0.5) is 0 Å². The van der Waals surface area contributed by atoms with Crippen molar-refractivity contribution in [1.82, 2.24) is 10.3 Å². The Balaban J connectivity index is 2.02. The largest absolute Gasteiger partial charge is 0.351 e. The highest BCUT2D eigenvalue weighted by Gasteiger charge is 2.45. The molecular formula is C15H21ClN2O. The van der Waals surface area contributed by atoms with E-state index in [0.717, 1.165) is 18.7 Å². The van der Waals surface area contributed by atoms with Gasteiger partial charge in [-0.3, -0.25) is 4.79 Å². The van der Waals surface area contributed by atoms with Crippen LogP contribution in [0.5, 0.6) is 0 Å². The summed E-state index contributed by atoms with van der Waals surface area (Å²) in [5, 5.41) is 3.42. The van der Waals surface area contributed by atoms with Crippen molar-refractivity contribution in [3.8, 4) is 0 Å². The van der Waals surface area contributed by atoms with Crippen molar-refractivity contribution in [3.05, 3.63) is 28.5 Å². The minimum absolute atomic E-state index is 0.0501. The number of carbonyl (C=O) groups excluding carboxylic acids is 1. The van der Waals surface area contributed by atoms with Gasteiger partial charge < -0.3 is 5.32 Å². The Morgan fingerprint density at radius 1 is 1.47 bits per heavy atom. The smallest absolute Gasteiger partial charge is 0.251 e. The SMILES string of the molecule is CCc1cc(C(=O)NCC2(C(C)C)CC2)cc(Cl)n1. The van der Waals surface area contributed by atoms with Crippen LogP contribution in [0.15, 0.2) is 12.1 Å². The van der Waals surface area contributed by atoms with Gasteiger partial charge in [-0.25, -0.2) is 4.98 Å². The normalized spacial score (nSPS) is 16.5. The lowest BCUT2D eigenvalue weighted by molar-refractivity contribution is 0.0939. The van der Waals surface area contributed by atoms with Gasteiger partial charge >= 0.3 is 0 Å². The van der Waals surface area contributed by atoms with Gasteiger partial charge in [-0.2, -0.15) is 0 Å². The molecule has 19 heavy (non-hydrogen) atoms. The van der Waals surface area contributed by atoms with E-state index in [1.165, 1.54) is 12.8 Å². The van der Waals surface area contributed by atoms with E-state index in [9.17, 15) is 4.79 Å². The third-order valence-electron chi connectivity index (χ3n) is 4.19. The first-order valence-electron chi connectivity index (χ1n) is 6.91. The fourth-order valence-electron chi connectivity index (χ4n) is 2.34. The molecule has 2 rings (SSSR count). The molecule has 1 fully saturated rings. The number of hydrogen-bond donors (Lipinski definition) is 1. The second kappa shape index (κ2) is 5.49. The average Bonchev–Trinajstić information content (AvgIpc) is 3.16. The zero-order valence-corrected chi connectivity index (χ0v) is 12.5. The van der Waals surface area contributed by atoms with Crippen molar-refractivity contribution in [3.63, 3.8) is 0 Å². The van der Waals surface area contributed by atoms with E-state index < -0.39 is 0 Å². The third-order valence-corrected chi connectivity index (χ3v) is 4.38. The van der Waals surface area contributed by atoms with Gasteiger partial charge in [-0.15, -0.1) is 0 Å². The molecular weight excluding hydrogens is 260 g/mol. The summed E-state index contributed by atoms with van der Waals surface area (Å²) in [4.78, 5) is 16.3. The van der Waals surface area contributed by atoms with E-state index in [4.69, 9.17) is 11.6 Å². The first-order chi connectivity index (χ1) is 8.97. The van der Waals surface area contributed by atoms with Gasteiger partial charge in [-0.1, -0.05) is 32.4 Å². The summed E-state index contributed by atoms with van der Waals surface area (Å²) in [5.74, 6) is 0.561. The molecule has 1 heterocycles. The Hall–Kier alpha value is -1.09. The topological polar surface area (TPSA) is 42.0 Å². The number of nitrogens with zero attached hydrogens (tertiary/aromatic N) is 1. The van der Waals surface area contributed by atoms with Crippen LogP contribution in [0.3, 0.4) is 0 Å². The van der Waals surface area contributed by atoms with Gasteiger partial charge in [0.1, 0.15) is 5.15 Å². The summed E-state index contributed by atoms with van der Waals surface area (Å²) in [6.45, 7) is 7.19. The molecule has 0 atom stereocenters. The highest BCUT2D eigenvalue weighted by molar-refractivity contribution is 6.29. The van der Waals surface area contributed by atoms with Crippen molar-refractivity contribution in [2.24, 2.45) is 11.3 Å². The van der Waals surface area contributed by atoms with E-state index >= 15 is 0 Å². The average molecular weight is 281 g/mol. The number of hydrogen-bond acceptors (Lipinski definition) is 2. The number of rotatable bonds is 5. The zero-order chi connectivity index (χ0) is 14.0. The summed E-state index contributed by atoms with van der Waals surface area (Å²) in [7, 11) is 0. The number of halogens is 1. The Labute approximate surface area is 119 Å². The fraction of sp³-hybridized carbons (Fsp3) is 0.600. The third kappa shape index (κ3) is 3.27. The van der Waals surface area contributed by atoms with Gasteiger partial charge in [0.2, 0.25) is 0 Å². The van der Waals surface area contributed by atoms with Crippen molar-refractivity contribution < 1.29 is 4.79 Å². The second-order valence-electron chi connectivity index (χ2n) is 5.72. The van der Waals surface area contributed by atoms with Crippen LogP contribution < -0.4 is 5.32 Å². The lowest BCUT2D eigenvalue weighted by Gasteiger charge is -2.20. The van der Waals surface area contributed by atoms with Gasteiger partial charge in [-0.05, 0) is 42.7 Å². The molecule has 4 heteroatoms. The van der Waals surface area contributed by atoms with Gasteiger partial charge in [0, 0.05) is 17.8 Å². The molecule has 104 valence electrons. The highest BCUT2D eigenvalue weighted by Crippen LogP contribution is 2.51. The maximum Gasteiger partial charge on any atom is 0.251 e. The summed E-state index contributed by atoms with van der Waals surface area (Å²) in [6.07, 6.45) is 3.20. The van der Waals surface area contributed by atoms with E-state index in [-0.39, 0.29) is 5.91 Å². The van der Waals surface area contributed by atoms with E-state index in [1.54, 1.807) is 6.07 Å². The van der Waals surface area contributed by atoms with Crippen LogP contribution in [0, 0.1) is 11.3 Å². The number of nitrogens with one attached hydrogen (secondary N) is 1. The first kappa shape index (κ1) is 14.3. The Bertz CT molecular complexity index is 481. The molecule has 0 saturated heterocycles. The van der Waals surface area contributed by atoms with Gasteiger partial charge in [0.15, 0.2) is 0 Å². The minimum Gasteiger partial charge on any atom is -0.351 e. The molecule has 1 aromatic rings. The Kier molecular flexibility index (Phi) is 4.14. The molecule has 0 aliphatic heterocycles. The van der Waals surface area contributed by atoms with Crippen LogP contribution in [0.25, 0.3) is 0 Å². The molecule has 0 radical (unpaired) electrons. The number of carbonyl (C=O) groups is 1. The lowest BCUT2D eigenvalue weighted by atomic mass is 9.92. The van der Waals surface area contributed by atoms with E-state index in [1.807, 2.05) is 13.0 Å². The van der Waals surface area contributed by atoms with E-state index in [2.05, 4.69) is 24.1 Å². The Morgan fingerprint density at radius 2 is 2.16 bits per heavy atom. The zero-order valence-electron chi connectivity index (χ0n) is 11.8. The van der Waals surface area contributed by atoms with Gasteiger partial charge in [0.05, 0.1) is 0 Å². The number of amides is 1. The number of aryl methyl sites for hydroxylation is 1. The van der Waals surface area contributed by atoms with Crippen LogP contribution in [-0.2, 0) is 6.42 Å². The molecule has 1 saturated carbocycles. The molecule has 0 unspecified atom stereocenters. The molecule has 1 amide bonds. The lowest BCUT2D eigenvalue weighted by Crippen LogP contribution is -2.32. The predicted molar refractivity (Wildman–Crippen MR) is 77.5 cm³/mol. The molecule has 3 nitrogen and oxygen atoms in total. The fourth-order valence-corrected chi connectivity index (χ4v) is 2.57. The van der Waals surface area contributed by atoms with Crippen molar-refractivity contribution >= 4 is 17.5 Å². The maximum atomic E-state index is 12.2. The molecule has 1 aliphatic rings. The quantitative estimate of drug-likeness (QED) is 0.839. The maximum absolute atomic E-state index is 12.2. The second-order valence-corrected chi connectivity index (χ2v) is 6.11. The van der Waals surface area contributed by atoms with Crippen LogP contribution >= 0.6 is 11.6 Å². The van der Waals surface area contributed by atoms with Crippen molar-refractivity contribution in [2.75, 3.05) is 6.54 Å². The van der Waals surface area contributed by atoms with E-state index in [0.29, 0.717) is 22.0 Å². The van der Waals surface area contributed by atoms with Crippen molar-refractivity contribution in [1.29, 1.82) is 0 Å². The monoisotopic (exact) mass is 280 g/mol. The summed E-state index contributed by atoms with van der Waals surface area (Å²) in [6, 6.07) is 3.45. The summed E-state index contributed by atoms with van der Waals surface area (Å²) < 4.78 is 0. The number of aromatic nitrogens is 1.